The van der Waals surface area contributed by atoms with Gasteiger partial charge in [0.25, 0.3) is 0 Å². The molecule has 1 aliphatic rings. The zero-order valence-electron chi connectivity index (χ0n) is 9.18. The van der Waals surface area contributed by atoms with Gasteiger partial charge in [-0.1, -0.05) is 12.2 Å². The first kappa shape index (κ1) is 14.0. The Morgan fingerprint density at radius 3 is 2.67 bits per heavy atom. The summed E-state index contributed by atoms with van der Waals surface area (Å²) < 4.78 is 41.4. The van der Waals surface area contributed by atoms with Crippen LogP contribution in [0.4, 0.5) is 13.2 Å². The Morgan fingerprint density at radius 1 is 1.44 bits per heavy atom. The average Bonchev–Trinajstić information content (AvgIpc) is 3.04. The van der Waals surface area contributed by atoms with Crippen LogP contribution in [0.1, 0.15) is 30.3 Å². The highest BCUT2D eigenvalue weighted by Crippen LogP contribution is 2.42. The molecule has 0 amide bonds. The van der Waals surface area contributed by atoms with Gasteiger partial charge in [0.1, 0.15) is 23.7 Å². The first-order valence-corrected chi connectivity index (χ1v) is 6.50. The number of aromatic amines is 1. The van der Waals surface area contributed by atoms with Crippen LogP contribution in [-0.4, -0.2) is 22.8 Å². The number of ether oxygens (including phenoxy) is 1. The van der Waals surface area contributed by atoms with Crippen molar-refractivity contribution in [3.05, 3.63) is 20.6 Å². The van der Waals surface area contributed by atoms with E-state index in [1.165, 1.54) is 0 Å². The molecule has 1 fully saturated rings. The number of H-pyrrole nitrogens is 1. The summed E-state index contributed by atoms with van der Waals surface area (Å²) in [5.41, 5.74) is 0.903. The van der Waals surface area contributed by atoms with Crippen molar-refractivity contribution in [1.82, 2.24) is 9.97 Å². The number of nitrogens with zero attached hydrogens (tertiary/aromatic N) is 1. The van der Waals surface area contributed by atoms with Crippen LogP contribution in [0.2, 0.25) is 0 Å². The van der Waals surface area contributed by atoms with Crippen molar-refractivity contribution in [2.24, 2.45) is 0 Å². The molecule has 1 aliphatic carbocycles. The smallest absolute Gasteiger partial charge is 0.364 e. The first-order chi connectivity index (χ1) is 8.37. The van der Waals surface area contributed by atoms with Crippen molar-refractivity contribution >= 4 is 28.1 Å². The maximum atomic E-state index is 11.9. The van der Waals surface area contributed by atoms with Crippen molar-refractivity contribution in [3.63, 3.8) is 0 Å². The molecule has 100 valence electrons. The third kappa shape index (κ3) is 3.76. The lowest BCUT2D eigenvalue weighted by atomic mass is 10.3. The summed E-state index contributed by atoms with van der Waals surface area (Å²) in [6, 6.07) is 0. The number of aromatic nitrogens is 2. The molecule has 1 N–H and O–H groups in total. The van der Waals surface area contributed by atoms with E-state index in [0.717, 1.165) is 23.0 Å². The van der Waals surface area contributed by atoms with Gasteiger partial charge in [0, 0.05) is 11.6 Å². The summed E-state index contributed by atoms with van der Waals surface area (Å²) in [6.45, 7) is -1.51. The highest BCUT2D eigenvalue weighted by atomic mass is 79.9. The predicted molar refractivity (Wildman–Crippen MR) is 64.8 cm³/mol. The molecule has 18 heavy (non-hydrogen) atoms. The number of nitrogens with one attached hydrogen (secondary N) is 1. The average molecular weight is 343 g/mol. The van der Waals surface area contributed by atoms with E-state index in [-0.39, 0.29) is 6.61 Å². The highest BCUT2D eigenvalue weighted by molar-refractivity contribution is 9.10. The second kappa shape index (κ2) is 5.26. The molecule has 0 radical (unpaired) electrons. The Bertz CT molecular complexity index is 499. The van der Waals surface area contributed by atoms with E-state index in [1.54, 1.807) is 0 Å². The monoisotopic (exact) mass is 342 g/mol. The number of alkyl halides is 3. The maximum Gasteiger partial charge on any atom is 0.411 e. The van der Waals surface area contributed by atoms with Crippen LogP contribution < -0.4 is 0 Å². The summed E-state index contributed by atoms with van der Waals surface area (Å²) in [6.07, 6.45) is -2.22. The lowest BCUT2D eigenvalue weighted by molar-refractivity contribution is -0.177. The summed E-state index contributed by atoms with van der Waals surface area (Å²) in [7, 11) is 0. The SMILES string of the molecule is FC(F)(F)COCc1nc(=S)c(Br)c(C2CC2)[nH]1. The fraction of sp³-hybridized carbons (Fsp3) is 0.600. The standard InChI is InChI=1S/C10H10BrF3N2OS/c11-7-8(5-1-2-5)15-6(16-9(7)18)3-17-4-10(12,13)14/h5H,1-4H2,(H,15,16,18). The molecule has 8 heteroatoms. The molecule has 1 aromatic rings. The topological polar surface area (TPSA) is 37.9 Å². The van der Waals surface area contributed by atoms with E-state index >= 15 is 0 Å². The van der Waals surface area contributed by atoms with E-state index in [1.807, 2.05) is 0 Å². The zero-order valence-corrected chi connectivity index (χ0v) is 11.6. The van der Waals surface area contributed by atoms with E-state index in [0.29, 0.717) is 16.4 Å². The van der Waals surface area contributed by atoms with Gasteiger partial charge in [0.05, 0.1) is 4.47 Å². The third-order valence-electron chi connectivity index (χ3n) is 2.43. The van der Waals surface area contributed by atoms with Gasteiger partial charge in [-0.25, -0.2) is 4.98 Å². The van der Waals surface area contributed by atoms with Crippen LogP contribution in [0.25, 0.3) is 0 Å². The van der Waals surface area contributed by atoms with Crippen molar-refractivity contribution < 1.29 is 17.9 Å². The number of halogens is 4. The van der Waals surface area contributed by atoms with Crippen LogP contribution in [0, 0.1) is 4.64 Å². The van der Waals surface area contributed by atoms with Gasteiger partial charge in [-0.2, -0.15) is 13.2 Å². The lowest BCUT2D eigenvalue weighted by Crippen LogP contribution is -2.17. The normalized spacial score (nSPS) is 16.0. The fourth-order valence-electron chi connectivity index (χ4n) is 1.51. The largest absolute Gasteiger partial charge is 0.411 e. The predicted octanol–water partition coefficient (Wildman–Crippen LogP) is 3.86. The van der Waals surface area contributed by atoms with Crippen LogP contribution in [0.5, 0.6) is 0 Å². The summed E-state index contributed by atoms with van der Waals surface area (Å²) in [5.74, 6) is 0.722. The summed E-state index contributed by atoms with van der Waals surface area (Å²) in [4.78, 5) is 6.97. The van der Waals surface area contributed by atoms with E-state index in [9.17, 15) is 13.2 Å². The molecular weight excluding hydrogens is 333 g/mol. The quantitative estimate of drug-likeness (QED) is 0.844. The van der Waals surface area contributed by atoms with Gasteiger partial charge in [-0.05, 0) is 28.8 Å². The molecule has 1 heterocycles. The molecule has 0 aromatic carbocycles. The maximum absolute atomic E-state index is 11.9. The van der Waals surface area contributed by atoms with Gasteiger partial charge >= 0.3 is 6.18 Å². The Hall–Kier alpha value is -0.470. The minimum absolute atomic E-state index is 0.226. The van der Waals surface area contributed by atoms with E-state index < -0.39 is 12.8 Å². The molecule has 3 nitrogen and oxygen atoms in total. The van der Waals surface area contributed by atoms with Crippen molar-refractivity contribution in [1.29, 1.82) is 0 Å². The van der Waals surface area contributed by atoms with Crippen molar-refractivity contribution in [2.75, 3.05) is 6.61 Å². The Kier molecular flexibility index (Phi) is 4.08. The van der Waals surface area contributed by atoms with Gasteiger partial charge < -0.3 is 9.72 Å². The molecule has 0 aliphatic heterocycles. The molecule has 0 spiro atoms. The third-order valence-corrected chi connectivity index (χ3v) is 3.79. The van der Waals surface area contributed by atoms with E-state index in [4.69, 9.17) is 12.2 Å². The lowest BCUT2D eigenvalue weighted by Gasteiger charge is -2.09. The molecule has 0 atom stereocenters. The number of hydrogen-bond donors (Lipinski definition) is 1. The molecule has 1 saturated carbocycles. The Morgan fingerprint density at radius 2 is 2.11 bits per heavy atom. The van der Waals surface area contributed by atoms with Crippen molar-refractivity contribution in [3.8, 4) is 0 Å². The molecule has 2 rings (SSSR count). The Labute approximate surface area is 115 Å². The highest BCUT2D eigenvalue weighted by Gasteiger charge is 2.29. The second-order valence-electron chi connectivity index (χ2n) is 4.10. The minimum Gasteiger partial charge on any atom is -0.364 e. The number of rotatable bonds is 4. The molecule has 0 bridgehead atoms. The number of hydrogen-bond acceptors (Lipinski definition) is 3. The molecular formula is C10H10BrF3N2OS. The van der Waals surface area contributed by atoms with Gasteiger partial charge in [0.15, 0.2) is 0 Å². The second-order valence-corrected chi connectivity index (χ2v) is 5.28. The van der Waals surface area contributed by atoms with Crippen LogP contribution in [0.15, 0.2) is 4.47 Å². The molecule has 1 aromatic heterocycles. The fourth-order valence-corrected chi connectivity index (χ4v) is 2.24. The van der Waals surface area contributed by atoms with Crippen molar-refractivity contribution in [2.45, 2.75) is 31.5 Å². The Balaban J connectivity index is 2.07. The molecule has 0 saturated heterocycles. The minimum atomic E-state index is -4.33. The summed E-state index contributed by atoms with van der Waals surface area (Å²) in [5, 5.41) is 0. The van der Waals surface area contributed by atoms with E-state index in [2.05, 4.69) is 30.6 Å². The first-order valence-electron chi connectivity index (χ1n) is 5.30. The van der Waals surface area contributed by atoms with Gasteiger partial charge in [0.2, 0.25) is 0 Å². The van der Waals surface area contributed by atoms with Gasteiger partial charge in [-0.15, -0.1) is 0 Å². The van der Waals surface area contributed by atoms with Crippen LogP contribution >= 0.6 is 28.1 Å². The summed E-state index contributed by atoms with van der Waals surface area (Å²) >= 11 is 8.38. The van der Waals surface area contributed by atoms with Crippen LogP contribution in [0.3, 0.4) is 0 Å². The van der Waals surface area contributed by atoms with Gasteiger partial charge in [-0.3, -0.25) is 0 Å². The molecule has 0 unspecified atom stereocenters. The van der Waals surface area contributed by atoms with Crippen LogP contribution in [-0.2, 0) is 11.3 Å². The zero-order chi connectivity index (χ0) is 13.3.